The second-order valence-electron chi connectivity index (χ2n) is 3.95. The van der Waals surface area contributed by atoms with Gasteiger partial charge in [0, 0.05) is 16.7 Å². The second kappa shape index (κ2) is 6.94. The van der Waals surface area contributed by atoms with Gasteiger partial charge in [0.2, 0.25) is 0 Å². The molecule has 2 atom stereocenters. The van der Waals surface area contributed by atoms with Gasteiger partial charge in [-0.2, -0.15) is 0 Å². The van der Waals surface area contributed by atoms with Crippen LogP contribution in [0, 0.1) is 0 Å². The van der Waals surface area contributed by atoms with Gasteiger partial charge in [-0.1, -0.05) is 32.0 Å². The van der Waals surface area contributed by atoms with E-state index in [1.54, 1.807) is 11.8 Å². The first-order valence-corrected chi connectivity index (χ1v) is 6.66. The molecule has 0 heterocycles. The average molecular weight is 239 g/mol. The largest absolute Gasteiger partial charge is 0.392 e. The summed E-state index contributed by atoms with van der Waals surface area (Å²) >= 11 is 1.74. The maximum Gasteiger partial charge on any atom is 0.0631 e. The van der Waals surface area contributed by atoms with E-state index in [1.807, 2.05) is 13.0 Å². The number of hydrogen-bond donors (Lipinski definition) is 2. The van der Waals surface area contributed by atoms with Crippen molar-refractivity contribution in [3.8, 4) is 0 Å². The molecule has 0 radical (unpaired) electrons. The average Bonchev–Trinajstić information content (AvgIpc) is 2.27. The third-order valence-electron chi connectivity index (χ3n) is 2.53. The van der Waals surface area contributed by atoms with E-state index in [2.05, 4.69) is 37.4 Å². The highest BCUT2D eigenvalue weighted by atomic mass is 32.2. The highest BCUT2D eigenvalue weighted by molar-refractivity contribution is 8.00. The fourth-order valence-corrected chi connectivity index (χ4v) is 2.37. The van der Waals surface area contributed by atoms with E-state index >= 15 is 0 Å². The molecule has 90 valence electrons. The Bertz CT molecular complexity index is 315. The van der Waals surface area contributed by atoms with Gasteiger partial charge in [-0.25, -0.2) is 0 Å². The molecule has 0 saturated carbocycles. The fraction of sp³-hybridized carbons (Fsp3) is 0.538. The molecular formula is C13H21NOS. The third kappa shape index (κ3) is 4.16. The Morgan fingerprint density at radius 2 is 2.00 bits per heavy atom. The minimum absolute atomic E-state index is 0.225. The van der Waals surface area contributed by atoms with Crippen molar-refractivity contribution in [1.29, 1.82) is 0 Å². The predicted molar refractivity (Wildman–Crippen MR) is 70.8 cm³/mol. The quantitative estimate of drug-likeness (QED) is 0.749. The van der Waals surface area contributed by atoms with Crippen LogP contribution in [-0.2, 0) is 6.54 Å². The summed E-state index contributed by atoms with van der Waals surface area (Å²) < 4.78 is 0. The topological polar surface area (TPSA) is 32.3 Å². The first-order chi connectivity index (χ1) is 7.65. The summed E-state index contributed by atoms with van der Waals surface area (Å²) in [7, 11) is 0. The van der Waals surface area contributed by atoms with E-state index in [-0.39, 0.29) is 11.4 Å². The van der Waals surface area contributed by atoms with Gasteiger partial charge in [0.05, 0.1) is 6.10 Å². The van der Waals surface area contributed by atoms with Crippen LogP contribution in [0.1, 0.15) is 26.3 Å². The van der Waals surface area contributed by atoms with Gasteiger partial charge < -0.3 is 10.4 Å². The Hall–Kier alpha value is -0.510. The van der Waals surface area contributed by atoms with E-state index in [4.69, 9.17) is 0 Å². The van der Waals surface area contributed by atoms with Gasteiger partial charge >= 0.3 is 0 Å². The highest BCUT2D eigenvalue weighted by Crippen LogP contribution is 2.28. The van der Waals surface area contributed by atoms with Gasteiger partial charge in [-0.3, -0.25) is 0 Å². The van der Waals surface area contributed by atoms with Crippen LogP contribution in [-0.4, -0.2) is 23.0 Å². The van der Waals surface area contributed by atoms with Crippen LogP contribution in [0.25, 0.3) is 0 Å². The summed E-state index contributed by atoms with van der Waals surface area (Å²) in [6.45, 7) is 7.87. The number of benzene rings is 1. The second-order valence-corrected chi connectivity index (χ2v) is 5.37. The summed E-state index contributed by atoms with van der Waals surface area (Å²) in [5.41, 5.74) is 1.31. The number of rotatable bonds is 6. The molecule has 0 aromatic heterocycles. The molecule has 0 aliphatic rings. The number of aliphatic hydroxyl groups excluding tert-OH is 1. The van der Waals surface area contributed by atoms with Crippen molar-refractivity contribution >= 4 is 11.8 Å². The molecule has 0 bridgehead atoms. The lowest BCUT2D eigenvalue weighted by molar-refractivity contribution is 0.196. The van der Waals surface area contributed by atoms with E-state index < -0.39 is 0 Å². The molecule has 0 aliphatic carbocycles. The molecule has 0 amide bonds. The number of aliphatic hydroxyl groups is 1. The minimum atomic E-state index is -0.280. The minimum Gasteiger partial charge on any atom is -0.392 e. The first kappa shape index (κ1) is 13.6. The molecular weight excluding hydrogens is 218 g/mol. The van der Waals surface area contributed by atoms with Gasteiger partial charge in [-0.05, 0) is 25.1 Å². The van der Waals surface area contributed by atoms with Gasteiger partial charge in [0.25, 0.3) is 0 Å². The van der Waals surface area contributed by atoms with Crippen molar-refractivity contribution in [3.05, 3.63) is 29.8 Å². The van der Waals surface area contributed by atoms with Crippen LogP contribution >= 0.6 is 11.8 Å². The molecule has 1 rings (SSSR count). The summed E-state index contributed by atoms with van der Waals surface area (Å²) in [5, 5.41) is 13.1. The Morgan fingerprint density at radius 3 is 2.62 bits per heavy atom. The van der Waals surface area contributed by atoms with Gasteiger partial charge in [0.1, 0.15) is 0 Å². The highest BCUT2D eigenvalue weighted by Gasteiger charge is 2.12. The van der Waals surface area contributed by atoms with Gasteiger partial charge in [0.15, 0.2) is 0 Å². The van der Waals surface area contributed by atoms with Crippen molar-refractivity contribution < 1.29 is 5.11 Å². The molecule has 2 nitrogen and oxygen atoms in total. The van der Waals surface area contributed by atoms with E-state index in [9.17, 15) is 5.11 Å². The van der Waals surface area contributed by atoms with Crippen molar-refractivity contribution in [1.82, 2.24) is 5.32 Å². The van der Waals surface area contributed by atoms with Crippen LogP contribution in [0.3, 0.4) is 0 Å². The lowest BCUT2D eigenvalue weighted by Gasteiger charge is -2.16. The molecule has 0 fully saturated rings. The number of hydrogen-bond acceptors (Lipinski definition) is 3. The monoisotopic (exact) mass is 239 g/mol. The molecule has 0 spiro atoms. The molecule has 0 saturated heterocycles. The summed E-state index contributed by atoms with van der Waals surface area (Å²) in [5.74, 6) is 0. The van der Waals surface area contributed by atoms with Crippen molar-refractivity contribution in [2.24, 2.45) is 0 Å². The van der Waals surface area contributed by atoms with Crippen LogP contribution in [0.5, 0.6) is 0 Å². The summed E-state index contributed by atoms with van der Waals surface area (Å²) in [6, 6.07) is 8.37. The van der Waals surface area contributed by atoms with Crippen molar-refractivity contribution in [2.75, 3.05) is 6.54 Å². The smallest absolute Gasteiger partial charge is 0.0631 e. The molecule has 1 aromatic carbocycles. The van der Waals surface area contributed by atoms with E-state index in [1.165, 1.54) is 10.5 Å². The van der Waals surface area contributed by atoms with Crippen LogP contribution in [0.15, 0.2) is 29.2 Å². The first-order valence-electron chi connectivity index (χ1n) is 5.78. The molecule has 0 aliphatic heterocycles. The summed E-state index contributed by atoms with van der Waals surface area (Å²) in [6.07, 6.45) is -0.280. The fourth-order valence-electron chi connectivity index (χ4n) is 1.32. The molecule has 1 aromatic rings. The summed E-state index contributed by atoms with van der Waals surface area (Å²) in [4.78, 5) is 1.26. The van der Waals surface area contributed by atoms with Crippen LogP contribution in [0.2, 0.25) is 0 Å². The molecule has 2 unspecified atom stereocenters. The standard InChI is InChI=1S/C13H21NOS/c1-4-14-9-12-7-5-6-8-13(12)16-11(3)10(2)15/h5-8,10-11,14-15H,4,9H2,1-3H3. The Labute approximate surface area is 102 Å². The Kier molecular flexibility index (Phi) is 5.88. The molecule has 2 N–H and O–H groups in total. The maximum absolute atomic E-state index is 9.51. The third-order valence-corrected chi connectivity index (χ3v) is 3.95. The SMILES string of the molecule is CCNCc1ccccc1SC(C)C(C)O. The molecule has 3 heteroatoms. The van der Waals surface area contributed by atoms with E-state index in [0.29, 0.717) is 0 Å². The maximum atomic E-state index is 9.51. The zero-order valence-corrected chi connectivity index (χ0v) is 11.1. The lowest BCUT2D eigenvalue weighted by Crippen LogP contribution is -2.16. The number of thioether (sulfide) groups is 1. The Morgan fingerprint density at radius 1 is 1.31 bits per heavy atom. The zero-order valence-electron chi connectivity index (χ0n) is 10.2. The van der Waals surface area contributed by atoms with Crippen molar-refractivity contribution in [3.63, 3.8) is 0 Å². The van der Waals surface area contributed by atoms with E-state index in [0.717, 1.165) is 13.1 Å². The van der Waals surface area contributed by atoms with Crippen LogP contribution < -0.4 is 5.32 Å². The van der Waals surface area contributed by atoms with Crippen LogP contribution in [0.4, 0.5) is 0 Å². The van der Waals surface area contributed by atoms with Gasteiger partial charge in [-0.15, -0.1) is 11.8 Å². The normalized spacial score (nSPS) is 14.8. The zero-order chi connectivity index (χ0) is 12.0. The lowest BCUT2D eigenvalue weighted by atomic mass is 10.2. The predicted octanol–water partition coefficient (Wildman–Crippen LogP) is 2.66. The number of nitrogens with one attached hydrogen (secondary N) is 1. The molecule has 16 heavy (non-hydrogen) atoms. The van der Waals surface area contributed by atoms with Crippen molar-refractivity contribution in [2.45, 2.75) is 43.6 Å². The Balaban J connectivity index is 2.70.